The largest absolute Gasteiger partial charge is 2.00 e. The van der Waals surface area contributed by atoms with Crippen molar-refractivity contribution < 1.29 is 17.5 Å². The number of benzene rings is 1. The standard InChI is InChI=1S/C9H11O.ClH.Mg/c1-9(2,10)8-6-4-3-5-7-8;;/h3-7H,1-2H3;1H;/q-1;;+2/p-1. The minimum absolute atomic E-state index is 0. The number of hydrogen-bond acceptors (Lipinski definition) is 1. The van der Waals surface area contributed by atoms with E-state index in [1.165, 1.54) is 0 Å². The topological polar surface area (TPSA) is 23.1 Å². The second-order valence-electron chi connectivity index (χ2n) is 2.88. The van der Waals surface area contributed by atoms with Gasteiger partial charge < -0.3 is 17.5 Å². The van der Waals surface area contributed by atoms with Crippen LogP contribution in [-0.2, 0) is 5.60 Å². The molecule has 0 aromatic heterocycles. The number of halogens is 1. The van der Waals surface area contributed by atoms with Crippen LogP contribution in [0.1, 0.15) is 19.4 Å². The molecular formula is C9H11ClMgO. The van der Waals surface area contributed by atoms with Gasteiger partial charge >= 0.3 is 23.1 Å². The van der Waals surface area contributed by atoms with E-state index in [1.807, 2.05) is 30.3 Å². The number of hydrogen-bond donors (Lipinski definition) is 0. The van der Waals surface area contributed by atoms with E-state index in [-0.39, 0.29) is 35.5 Å². The Bertz CT molecular complexity index is 206. The molecule has 0 saturated heterocycles. The minimum Gasteiger partial charge on any atom is -1.00 e. The zero-order valence-corrected chi connectivity index (χ0v) is 9.55. The molecule has 0 unspecified atom stereocenters. The van der Waals surface area contributed by atoms with Gasteiger partial charge in [0.1, 0.15) is 0 Å². The van der Waals surface area contributed by atoms with Gasteiger partial charge in [-0.15, -0.1) is 0 Å². The molecule has 3 heteroatoms. The van der Waals surface area contributed by atoms with E-state index < -0.39 is 5.60 Å². The van der Waals surface area contributed by atoms with Crippen LogP contribution in [0.2, 0.25) is 0 Å². The van der Waals surface area contributed by atoms with E-state index >= 15 is 0 Å². The molecule has 0 N–H and O–H groups in total. The predicted octanol–water partition coefficient (Wildman–Crippen LogP) is -2.09. The van der Waals surface area contributed by atoms with Gasteiger partial charge in [0.15, 0.2) is 0 Å². The summed E-state index contributed by atoms with van der Waals surface area (Å²) in [4.78, 5) is 0. The van der Waals surface area contributed by atoms with Crippen LogP contribution in [0.25, 0.3) is 0 Å². The van der Waals surface area contributed by atoms with Gasteiger partial charge in [-0.2, -0.15) is 0 Å². The summed E-state index contributed by atoms with van der Waals surface area (Å²) in [6.07, 6.45) is 0. The molecule has 0 amide bonds. The van der Waals surface area contributed by atoms with Crippen LogP contribution in [-0.4, -0.2) is 23.1 Å². The van der Waals surface area contributed by atoms with Crippen molar-refractivity contribution in [2.24, 2.45) is 0 Å². The zero-order valence-electron chi connectivity index (χ0n) is 7.38. The maximum Gasteiger partial charge on any atom is 2.00 e. The molecule has 0 aliphatic heterocycles. The summed E-state index contributed by atoms with van der Waals surface area (Å²) in [7, 11) is 0. The third kappa shape index (κ3) is 4.31. The molecular weight excluding hydrogens is 184 g/mol. The van der Waals surface area contributed by atoms with E-state index in [9.17, 15) is 5.11 Å². The molecule has 0 saturated carbocycles. The van der Waals surface area contributed by atoms with Crippen molar-refractivity contribution in [3.8, 4) is 0 Å². The monoisotopic (exact) mass is 194 g/mol. The minimum atomic E-state index is -0.957. The summed E-state index contributed by atoms with van der Waals surface area (Å²) in [5.74, 6) is 0. The molecule has 0 heterocycles. The first kappa shape index (κ1) is 14.7. The molecule has 0 aliphatic rings. The van der Waals surface area contributed by atoms with Crippen LogP contribution in [0.5, 0.6) is 0 Å². The van der Waals surface area contributed by atoms with Crippen LogP contribution < -0.4 is 17.5 Å². The molecule has 0 fully saturated rings. The fraction of sp³-hybridized carbons (Fsp3) is 0.333. The molecule has 0 radical (unpaired) electrons. The zero-order chi connectivity index (χ0) is 7.61. The van der Waals surface area contributed by atoms with Gasteiger partial charge in [0.25, 0.3) is 0 Å². The van der Waals surface area contributed by atoms with Gasteiger partial charge in [-0.05, 0) is 0 Å². The Labute approximate surface area is 95.7 Å². The van der Waals surface area contributed by atoms with Gasteiger partial charge in [0.2, 0.25) is 0 Å². The Morgan fingerprint density at radius 3 is 1.75 bits per heavy atom. The maximum atomic E-state index is 11.3. The molecule has 1 aromatic rings. The van der Waals surface area contributed by atoms with Crippen LogP contribution in [0.3, 0.4) is 0 Å². The first-order valence-electron chi connectivity index (χ1n) is 3.36. The van der Waals surface area contributed by atoms with Gasteiger partial charge in [0.05, 0.1) is 0 Å². The Morgan fingerprint density at radius 1 is 1.08 bits per heavy atom. The van der Waals surface area contributed by atoms with Crippen molar-refractivity contribution in [1.82, 2.24) is 0 Å². The SMILES string of the molecule is CC(C)([O-])c1ccccc1.[Cl-].[Mg+2]. The molecule has 1 rings (SSSR count). The van der Waals surface area contributed by atoms with Gasteiger partial charge in [-0.1, -0.05) is 55.3 Å². The van der Waals surface area contributed by atoms with Crippen molar-refractivity contribution >= 4 is 23.1 Å². The molecule has 0 spiro atoms. The first-order valence-corrected chi connectivity index (χ1v) is 3.36. The third-order valence-electron chi connectivity index (χ3n) is 1.47. The predicted molar refractivity (Wildman–Crippen MR) is 45.2 cm³/mol. The fourth-order valence-corrected chi connectivity index (χ4v) is 0.840. The smallest absolute Gasteiger partial charge is 1.00 e. The van der Waals surface area contributed by atoms with Gasteiger partial charge in [-0.3, -0.25) is 0 Å². The van der Waals surface area contributed by atoms with Crippen LogP contribution in [0.4, 0.5) is 0 Å². The van der Waals surface area contributed by atoms with Crippen molar-refractivity contribution in [1.29, 1.82) is 0 Å². The Hall–Kier alpha value is 0.236. The van der Waals surface area contributed by atoms with Crippen molar-refractivity contribution in [3.05, 3.63) is 35.9 Å². The molecule has 0 atom stereocenters. The van der Waals surface area contributed by atoms with Crippen LogP contribution in [0.15, 0.2) is 30.3 Å². The summed E-state index contributed by atoms with van der Waals surface area (Å²) < 4.78 is 0. The Balaban J connectivity index is 0. The van der Waals surface area contributed by atoms with Crippen molar-refractivity contribution in [3.63, 3.8) is 0 Å². The van der Waals surface area contributed by atoms with Crippen LogP contribution in [0, 0.1) is 0 Å². The van der Waals surface area contributed by atoms with E-state index in [0.717, 1.165) is 5.56 Å². The molecule has 62 valence electrons. The quantitative estimate of drug-likeness (QED) is 0.471. The molecule has 12 heavy (non-hydrogen) atoms. The Kier molecular flexibility index (Phi) is 7.14. The van der Waals surface area contributed by atoms with Crippen LogP contribution >= 0.6 is 0 Å². The first-order chi connectivity index (χ1) is 4.61. The summed E-state index contributed by atoms with van der Waals surface area (Å²) in [6.45, 7) is 3.34. The number of rotatable bonds is 1. The molecule has 1 aromatic carbocycles. The van der Waals surface area contributed by atoms with E-state index in [4.69, 9.17) is 0 Å². The van der Waals surface area contributed by atoms with E-state index in [0.29, 0.717) is 0 Å². The molecule has 0 bridgehead atoms. The normalized spacial score (nSPS) is 9.58. The maximum absolute atomic E-state index is 11.3. The van der Waals surface area contributed by atoms with Gasteiger partial charge in [-0.25, -0.2) is 0 Å². The van der Waals surface area contributed by atoms with Crippen molar-refractivity contribution in [2.45, 2.75) is 19.4 Å². The summed E-state index contributed by atoms with van der Waals surface area (Å²) in [5, 5.41) is 11.3. The molecule has 1 nitrogen and oxygen atoms in total. The third-order valence-corrected chi connectivity index (χ3v) is 1.47. The summed E-state index contributed by atoms with van der Waals surface area (Å²) in [5.41, 5.74) is -0.114. The summed E-state index contributed by atoms with van der Waals surface area (Å²) >= 11 is 0. The summed E-state index contributed by atoms with van der Waals surface area (Å²) in [6, 6.07) is 9.39. The second kappa shape index (κ2) is 5.81. The van der Waals surface area contributed by atoms with Gasteiger partial charge in [0, 0.05) is 0 Å². The van der Waals surface area contributed by atoms with Crippen molar-refractivity contribution in [2.75, 3.05) is 0 Å². The second-order valence-corrected chi connectivity index (χ2v) is 2.88. The fourth-order valence-electron chi connectivity index (χ4n) is 0.840. The molecule has 0 aliphatic carbocycles. The average Bonchev–Trinajstić information content (AvgIpc) is 1.88. The average molecular weight is 195 g/mol. The van der Waals surface area contributed by atoms with E-state index in [2.05, 4.69) is 0 Å². The Morgan fingerprint density at radius 2 is 1.50 bits per heavy atom. The van der Waals surface area contributed by atoms with E-state index in [1.54, 1.807) is 13.8 Å².